The molecule has 0 radical (unpaired) electrons. The molecule has 0 aliphatic carbocycles. The van der Waals surface area contributed by atoms with Crippen molar-refractivity contribution in [3.05, 3.63) is 206 Å². The van der Waals surface area contributed by atoms with Gasteiger partial charge in [0.15, 0.2) is 17.5 Å². The van der Waals surface area contributed by atoms with E-state index in [9.17, 15) is 0 Å². The summed E-state index contributed by atoms with van der Waals surface area (Å²) in [5, 5.41) is 11.4. The zero-order valence-electron chi connectivity index (χ0n) is 33.3. The fourth-order valence-electron chi connectivity index (χ4n) is 9.46. The van der Waals surface area contributed by atoms with Crippen molar-refractivity contribution in [2.24, 2.45) is 0 Å². The van der Waals surface area contributed by atoms with Crippen LogP contribution in [0.2, 0.25) is 0 Å². The summed E-state index contributed by atoms with van der Waals surface area (Å²) in [4.78, 5) is 15.8. The molecule has 0 saturated heterocycles. The Morgan fingerprint density at radius 3 is 1.79 bits per heavy atom. The highest BCUT2D eigenvalue weighted by Gasteiger charge is 2.23. The SMILES string of the molecule is c1ccc(-c2nc(-c3ccc4ccccc4c3)nc(-c3ccc(-n4c5ccccc5c5cc6ccccc6cc54)cc3-c3cc4ccccc4c4oc5ccccc5c34)n2)cc1. The van der Waals surface area contributed by atoms with E-state index in [2.05, 4.69) is 187 Å². The zero-order valence-corrected chi connectivity index (χ0v) is 33.3. The van der Waals surface area contributed by atoms with Crippen molar-refractivity contribution in [1.29, 1.82) is 0 Å². The second-order valence-electron chi connectivity index (χ2n) is 16.0. The molecule has 3 heterocycles. The quantitative estimate of drug-likeness (QED) is 0.174. The van der Waals surface area contributed by atoms with Crippen LogP contribution >= 0.6 is 0 Å². The zero-order chi connectivity index (χ0) is 40.7. The second kappa shape index (κ2) is 13.6. The Labute approximate surface area is 355 Å². The van der Waals surface area contributed by atoms with Gasteiger partial charge in [0.25, 0.3) is 0 Å². The van der Waals surface area contributed by atoms with Crippen LogP contribution in [0.15, 0.2) is 211 Å². The van der Waals surface area contributed by atoms with Crippen LogP contribution in [0, 0.1) is 0 Å². The fourth-order valence-corrected chi connectivity index (χ4v) is 9.46. The van der Waals surface area contributed by atoms with Crippen molar-refractivity contribution in [3.63, 3.8) is 0 Å². The molecule has 13 rings (SSSR count). The number of rotatable bonds is 5. The van der Waals surface area contributed by atoms with Gasteiger partial charge in [-0.2, -0.15) is 0 Å². The first-order chi connectivity index (χ1) is 30.7. The summed E-state index contributed by atoms with van der Waals surface area (Å²) in [6, 6.07) is 72.8. The van der Waals surface area contributed by atoms with Crippen LogP contribution in [0.1, 0.15) is 0 Å². The minimum absolute atomic E-state index is 0.589. The molecule has 5 heteroatoms. The molecule has 3 aromatic heterocycles. The Balaban J connectivity index is 1.15. The summed E-state index contributed by atoms with van der Waals surface area (Å²) in [7, 11) is 0. The molecular formula is C57H34N4O. The Morgan fingerprint density at radius 2 is 0.968 bits per heavy atom. The molecule has 288 valence electrons. The highest BCUT2D eigenvalue weighted by atomic mass is 16.3. The highest BCUT2D eigenvalue weighted by Crippen LogP contribution is 2.45. The number of benzene rings is 10. The summed E-state index contributed by atoms with van der Waals surface area (Å²) in [5.74, 6) is 1.81. The second-order valence-corrected chi connectivity index (χ2v) is 16.0. The van der Waals surface area contributed by atoms with Crippen LogP contribution in [0.25, 0.3) is 127 Å². The third-order valence-electron chi connectivity index (χ3n) is 12.4. The van der Waals surface area contributed by atoms with Gasteiger partial charge in [-0.15, -0.1) is 0 Å². The van der Waals surface area contributed by atoms with Crippen LogP contribution in [-0.2, 0) is 0 Å². The standard InChI is InChI=1S/C57H34N4O/c1-2-15-36(16-3-1)55-58-56(41-27-26-35-14-4-5-17-37(35)30-41)60-57(59-55)45-29-28-42(61-50-24-12-10-22-44(50)48-31-38-18-6-7-19-39(38)33-51(48)61)34-47(45)49-32-40-20-8-9-21-43(40)54-53(49)46-23-11-13-25-52(46)62-54/h1-34H. The number of fused-ring (bicyclic) bond motifs is 10. The molecule has 0 amide bonds. The van der Waals surface area contributed by atoms with Crippen molar-refractivity contribution in [3.8, 4) is 51.0 Å². The largest absolute Gasteiger partial charge is 0.455 e. The van der Waals surface area contributed by atoms with Gasteiger partial charge >= 0.3 is 0 Å². The van der Waals surface area contributed by atoms with E-state index in [0.717, 1.165) is 88.0 Å². The monoisotopic (exact) mass is 790 g/mol. The smallest absolute Gasteiger partial charge is 0.164 e. The molecule has 0 aliphatic rings. The Hall–Kier alpha value is -8.41. The Kier molecular flexibility index (Phi) is 7.54. The predicted molar refractivity (Wildman–Crippen MR) is 256 cm³/mol. The average molecular weight is 791 g/mol. The average Bonchev–Trinajstić information content (AvgIpc) is 3.89. The fraction of sp³-hybridized carbons (Fsp3) is 0. The molecule has 10 aromatic carbocycles. The summed E-state index contributed by atoms with van der Waals surface area (Å²) >= 11 is 0. The lowest BCUT2D eigenvalue weighted by Gasteiger charge is -2.17. The van der Waals surface area contributed by atoms with Crippen LogP contribution < -0.4 is 0 Å². The molecule has 0 unspecified atom stereocenters. The van der Waals surface area contributed by atoms with E-state index in [4.69, 9.17) is 19.4 Å². The van der Waals surface area contributed by atoms with Gasteiger partial charge in [0.05, 0.1) is 11.0 Å². The van der Waals surface area contributed by atoms with Crippen LogP contribution in [0.3, 0.4) is 0 Å². The minimum Gasteiger partial charge on any atom is -0.455 e. The van der Waals surface area contributed by atoms with Crippen molar-refractivity contribution in [2.45, 2.75) is 0 Å². The highest BCUT2D eigenvalue weighted by molar-refractivity contribution is 6.22. The third-order valence-corrected chi connectivity index (χ3v) is 12.4. The number of para-hydroxylation sites is 2. The Bertz CT molecular complexity index is 3940. The summed E-state index contributed by atoms with van der Waals surface area (Å²) in [6.07, 6.45) is 0. The van der Waals surface area contributed by atoms with Gasteiger partial charge in [-0.05, 0) is 92.7 Å². The van der Waals surface area contributed by atoms with E-state index in [-0.39, 0.29) is 0 Å². The van der Waals surface area contributed by atoms with Gasteiger partial charge in [0.1, 0.15) is 11.2 Å². The molecule has 0 atom stereocenters. The molecule has 62 heavy (non-hydrogen) atoms. The number of hydrogen-bond donors (Lipinski definition) is 0. The first-order valence-electron chi connectivity index (χ1n) is 20.9. The maximum atomic E-state index is 6.77. The first-order valence-corrected chi connectivity index (χ1v) is 20.9. The number of furan rings is 1. The lowest BCUT2D eigenvalue weighted by atomic mass is 9.91. The lowest BCUT2D eigenvalue weighted by Crippen LogP contribution is -2.02. The molecule has 0 aliphatic heterocycles. The van der Waals surface area contributed by atoms with E-state index in [1.165, 1.54) is 21.5 Å². The van der Waals surface area contributed by atoms with Gasteiger partial charge in [-0.3, -0.25) is 0 Å². The molecule has 13 aromatic rings. The van der Waals surface area contributed by atoms with Gasteiger partial charge in [-0.1, -0.05) is 152 Å². The van der Waals surface area contributed by atoms with E-state index >= 15 is 0 Å². The van der Waals surface area contributed by atoms with E-state index in [0.29, 0.717) is 17.5 Å². The van der Waals surface area contributed by atoms with Crippen LogP contribution in [0.5, 0.6) is 0 Å². The maximum Gasteiger partial charge on any atom is 0.164 e. The van der Waals surface area contributed by atoms with E-state index in [1.54, 1.807) is 0 Å². The van der Waals surface area contributed by atoms with E-state index in [1.807, 2.05) is 24.3 Å². The van der Waals surface area contributed by atoms with Gasteiger partial charge < -0.3 is 8.98 Å². The molecule has 0 fully saturated rings. The summed E-state index contributed by atoms with van der Waals surface area (Å²) < 4.78 is 9.18. The van der Waals surface area contributed by atoms with Gasteiger partial charge in [0, 0.05) is 49.3 Å². The molecule has 0 saturated carbocycles. The summed E-state index contributed by atoms with van der Waals surface area (Å²) in [6.45, 7) is 0. The van der Waals surface area contributed by atoms with Crippen LogP contribution in [0.4, 0.5) is 0 Å². The van der Waals surface area contributed by atoms with E-state index < -0.39 is 0 Å². The number of hydrogen-bond acceptors (Lipinski definition) is 4. The minimum atomic E-state index is 0.589. The van der Waals surface area contributed by atoms with Crippen molar-refractivity contribution >= 4 is 76.1 Å². The lowest BCUT2D eigenvalue weighted by molar-refractivity contribution is 0.673. The number of nitrogens with zero attached hydrogens (tertiary/aromatic N) is 4. The predicted octanol–water partition coefficient (Wildman–Crippen LogP) is 15.0. The van der Waals surface area contributed by atoms with Crippen LogP contribution in [-0.4, -0.2) is 19.5 Å². The maximum absolute atomic E-state index is 6.77. The topological polar surface area (TPSA) is 56.7 Å². The molecule has 0 spiro atoms. The van der Waals surface area contributed by atoms with Crippen molar-refractivity contribution in [1.82, 2.24) is 19.5 Å². The van der Waals surface area contributed by atoms with Gasteiger partial charge in [-0.25, -0.2) is 15.0 Å². The first kappa shape index (κ1) is 34.5. The summed E-state index contributed by atoms with van der Waals surface area (Å²) in [5.41, 5.74) is 9.79. The molecular weight excluding hydrogens is 757 g/mol. The number of aromatic nitrogens is 4. The van der Waals surface area contributed by atoms with Gasteiger partial charge in [0.2, 0.25) is 0 Å². The molecule has 0 bridgehead atoms. The normalized spacial score (nSPS) is 11.9. The molecule has 0 N–H and O–H groups in total. The van der Waals surface area contributed by atoms with Crippen molar-refractivity contribution in [2.75, 3.05) is 0 Å². The Morgan fingerprint density at radius 1 is 0.339 bits per heavy atom. The van der Waals surface area contributed by atoms with Crippen molar-refractivity contribution < 1.29 is 4.42 Å². The third kappa shape index (κ3) is 5.38. The molecule has 5 nitrogen and oxygen atoms in total.